The smallest absolute Gasteiger partial charge is 0.336 e. The fraction of sp³-hybridized carbons (Fsp3) is 0. The molecule has 0 radical (unpaired) electrons. The molecule has 0 aromatic heterocycles. The lowest BCUT2D eigenvalue weighted by molar-refractivity contribution is 0.0679. The minimum Gasteiger partial charge on any atom is -0.478 e. The van der Waals surface area contributed by atoms with Gasteiger partial charge in [0.05, 0.1) is 11.1 Å². The number of carbonyl (C=O) groups is 2. The van der Waals surface area contributed by atoms with Crippen LogP contribution in [0.25, 0.3) is 0 Å². The second-order valence-electron chi connectivity index (χ2n) is 2.42. The fourth-order valence-electron chi connectivity index (χ4n) is 0.875. The van der Waals surface area contributed by atoms with Crippen LogP contribution in [0.4, 0.5) is 0 Å². The van der Waals surface area contributed by atoms with Crippen molar-refractivity contribution in [2.75, 3.05) is 0 Å². The zero-order chi connectivity index (χ0) is 10.9. The van der Waals surface area contributed by atoms with Crippen molar-refractivity contribution in [3.05, 3.63) is 31.3 Å². The van der Waals surface area contributed by atoms with Crippen molar-refractivity contribution in [2.24, 2.45) is 0 Å². The summed E-state index contributed by atoms with van der Waals surface area (Å²) >= 11 is 4.79. The summed E-state index contributed by atoms with van der Waals surface area (Å²) in [6.07, 6.45) is 0. The van der Waals surface area contributed by atoms with E-state index >= 15 is 0 Å². The zero-order valence-electron chi connectivity index (χ0n) is 6.62. The van der Waals surface area contributed by atoms with Gasteiger partial charge in [0.15, 0.2) is 0 Å². The van der Waals surface area contributed by atoms with Gasteiger partial charge >= 0.3 is 11.9 Å². The van der Waals surface area contributed by atoms with Crippen molar-refractivity contribution in [3.63, 3.8) is 0 Å². The van der Waals surface area contributed by atoms with Gasteiger partial charge in [0.1, 0.15) is 0 Å². The van der Waals surface area contributed by atoms with Gasteiger partial charge in [0.25, 0.3) is 0 Å². The fourth-order valence-corrected chi connectivity index (χ4v) is 2.09. The van der Waals surface area contributed by atoms with Gasteiger partial charge in [-0.15, -0.1) is 0 Å². The summed E-state index contributed by atoms with van der Waals surface area (Å²) in [5.74, 6) is -2.17. The molecule has 6 heteroatoms. The highest BCUT2D eigenvalue weighted by Gasteiger charge is 2.15. The van der Waals surface area contributed by atoms with Crippen molar-refractivity contribution >= 4 is 50.5 Å². The standard InChI is InChI=1S/C8H4BrIO4/c9-5-1-4(8(13)14)6(10)2-3(5)7(11)12/h1-2H,(H,11,12)(H,13,14). The number of hydrogen-bond donors (Lipinski definition) is 2. The van der Waals surface area contributed by atoms with Crippen LogP contribution in [0.15, 0.2) is 16.6 Å². The maximum Gasteiger partial charge on any atom is 0.336 e. The monoisotopic (exact) mass is 370 g/mol. The van der Waals surface area contributed by atoms with Crippen LogP contribution in [0.3, 0.4) is 0 Å². The molecule has 0 bridgehead atoms. The van der Waals surface area contributed by atoms with Crippen molar-refractivity contribution in [1.82, 2.24) is 0 Å². The molecule has 0 atom stereocenters. The summed E-state index contributed by atoms with van der Waals surface area (Å²) in [5.41, 5.74) is 0.141. The largest absolute Gasteiger partial charge is 0.478 e. The molecule has 74 valence electrons. The van der Waals surface area contributed by atoms with Gasteiger partial charge in [0.2, 0.25) is 0 Å². The molecule has 0 aliphatic carbocycles. The van der Waals surface area contributed by atoms with Crippen LogP contribution < -0.4 is 0 Å². The van der Waals surface area contributed by atoms with E-state index in [1.807, 2.05) is 0 Å². The van der Waals surface area contributed by atoms with Crippen LogP contribution in [0, 0.1) is 3.57 Å². The zero-order valence-corrected chi connectivity index (χ0v) is 10.4. The molecule has 0 fully saturated rings. The second kappa shape index (κ2) is 4.26. The van der Waals surface area contributed by atoms with E-state index in [4.69, 9.17) is 10.2 Å². The van der Waals surface area contributed by atoms with E-state index in [1.165, 1.54) is 12.1 Å². The minimum atomic E-state index is -1.09. The van der Waals surface area contributed by atoms with Crippen LogP contribution in [-0.2, 0) is 0 Å². The quantitative estimate of drug-likeness (QED) is 0.784. The minimum absolute atomic E-state index is 0.0550. The Hall–Kier alpha value is -0.630. The molecular formula is C8H4BrIO4. The number of hydrogen-bond acceptors (Lipinski definition) is 2. The Balaban J connectivity index is 3.38. The third-order valence-corrected chi connectivity index (χ3v) is 3.07. The Morgan fingerprint density at radius 2 is 1.64 bits per heavy atom. The molecule has 2 N–H and O–H groups in total. The first-order valence-corrected chi connectivity index (χ1v) is 5.26. The lowest BCUT2D eigenvalue weighted by Gasteiger charge is -2.03. The molecule has 1 rings (SSSR count). The van der Waals surface area contributed by atoms with Crippen molar-refractivity contribution < 1.29 is 19.8 Å². The second-order valence-corrected chi connectivity index (χ2v) is 4.44. The lowest BCUT2D eigenvalue weighted by Crippen LogP contribution is -2.04. The van der Waals surface area contributed by atoms with E-state index in [0.717, 1.165) is 0 Å². The molecule has 0 spiro atoms. The Morgan fingerprint density at radius 3 is 2.07 bits per heavy atom. The average molecular weight is 371 g/mol. The number of benzene rings is 1. The van der Waals surface area contributed by atoms with Crippen LogP contribution in [0.5, 0.6) is 0 Å². The van der Waals surface area contributed by atoms with E-state index < -0.39 is 11.9 Å². The summed E-state index contributed by atoms with van der Waals surface area (Å²) in [6, 6.07) is 2.60. The SMILES string of the molecule is O=C(O)c1cc(I)c(C(=O)O)cc1Br. The van der Waals surface area contributed by atoms with Crippen LogP contribution >= 0.6 is 38.5 Å². The van der Waals surface area contributed by atoms with Crippen LogP contribution in [-0.4, -0.2) is 22.2 Å². The third-order valence-electron chi connectivity index (χ3n) is 1.52. The molecule has 4 nitrogen and oxygen atoms in total. The highest BCUT2D eigenvalue weighted by Crippen LogP contribution is 2.23. The molecule has 0 unspecified atom stereocenters. The van der Waals surface area contributed by atoms with E-state index in [0.29, 0.717) is 3.57 Å². The highest BCUT2D eigenvalue weighted by atomic mass is 127. The number of carboxylic acids is 2. The van der Waals surface area contributed by atoms with Gasteiger partial charge < -0.3 is 10.2 Å². The summed E-state index contributed by atoms with van der Waals surface area (Å²) in [7, 11) is 0. The van der Waals surface area contributed by atoms with Gasteiger partial charge in [-0.3, -0.25) is 0 Å². The molecule has 0 aliphatic heterocycles. The predicted octanol–water partition coefficient (Wildman–Crippen LogP) is 2.45. The van der Waals surface area contributed by atoms with Crippen LogP contribution in [0.1, 0.15) is 20.7 Å². The van der Waals surface area contributed by atoms with E-state index in [1.54, 1.807) is 22.6 Å². The molecule has 14 heavy (non-hydrogen) atoms. The lowest BCUT2D eigenvalue weighted by atomic mass is 10.1. The Kier molecular flexibility index (Phi) is 3.48. The van der Waals surface area contributed by atoms with Gasteiger partial charge in [-0.2, -0.15) is 0 Å². The van der Waals surface area contributed by atoms with E-state index in [-0.39, 0.29) is 15.6 Å². The average Bonchev–Trinajstić information content (AvgIpc) is 2.07. The molecular weight excluding hydrogens is 367 g/mol. The van der Waals surface area contributed by atoms with Crippen LogP contribution in [0.2, 0.25) is 0 Å². The number of aromatic carboxylic acids is 2. The number of rotatable bonds is 2. The summed E-state index contributed by atoms with van der Waals surface area (Å²) < 4.78 is 0.665. The van der Waals surface area contributed by atoms with Crippen molar-refractivity contribution in [2.45, 2.75) is 0 Å². The molecule has 0 amide bonds. The first kappa shape index (κ1) is 11.4. The summed E-state index contributed by atoms with van der Waals surface area (Å²) in [4.78, 5) is 21.4. The van der Waals surface area contributed by atoms with E-state index in [2.05, 4.69) is 15.9 Å². The normalized spacial score (nSPS) is 9.86. The predicted molar refractivity (Wildman–Crippen MR) is 60.8 cm³/mol. The molecule has 1 aromatic carbocycles. The first-order chi connectivity index (χ1) is 6.43. The van der Waals surface area contributed by atoms with Gasteiger partial charge in [-0.25, -0.2) is 9.59 Å². The van der Waals surface area contributed by atoms with Crippen molar-refractivity contribution in [3.8, 4) is 0 Å². The van der Waals surface area contributed by atoms with Gasteiger partial charge in [-0.1, -0.05) is 0 Å². The highest BCUT2D eigenvalue weighted by molar-refractivity contribution is 14.1. The maximum absolute atomic E-state index is 10.7. The molecule has 0 heterocycles. The van der Waals surface area contributed by atoms with E-state index in [9.17, 15) is 9.59 Å². The molecule has 0 saturated heterocycles. The first-order valence-electron chi connectivity index (χ1n) is 3.39. The third kappa shape index (κ3) is 2.24. The molecule has 0 aliphatic rings. The summed E-state index contributed by atoms with van der Waals surface area (Å²) in [5, 5.41) is 17.5. The van der Waals surface area contributed by atoms with Gasteiger partial charge in [-0.05, 0) is 50.7 Å². The topological polar surface area (TPSA) is 74.6 Å². The summed E-state index contributed by atoms with van der Waals surface area (Å²) in [6.45, 7) is 0. The maximum atomic E-state index is 10.7. The molecule has 0 saturated carbocycles. The Bertz CT molecular complexity index is 376. The Labute approximate surface area is 101 Å². The number of carboxylic acid groups (broad SMARTS) is 2. The molecule has 1 aromatic rings. The Morgan fingerprint density at radius 1 is 1.14 bits per heavy atom. The van der Waals surface area contributed by atoms with Gasteiger partial charge in [0, 0.05) is 8.04 Å². The van der Waals surface area contributed by atoms with Crippen molar-refractivity contribution in [1.29, 1.82) is 0 Å². The number of halogens is 2.